The van der Waals surface area contributed by atoms with E-state index in [0.717, 1.165) is 5.01 Å². The lowest BCUT2D eigenvalue weighted by Gasteiger charge is -2.51. The number of hydrazine groups is 1. The van der Waals surface area contributed by atoms with Crippen LogP contribution in [0, 0.1) is 29.5 Å². The van der Waals surface area contributed by atoms with Gasteiger partial charge in [0.2, 0.25) is 11.8 Å². The number of nitrogens with one attached hydrogen (secondary N) is 1. The number of allylic oxidation sites excluding steroid dienone is 2. The zero-order valence-corrected chi connectivity index (χ0v) is 26.9. The van der Waals surface area contributed by atoms with Crippen LogP contribution in [0.25, 0.3) is 0 Å². The molecule has 2 heterocycles. The number of likely N-dealkylation sites (tertiary alicyclic amines) is 1. The summed E-state index contributed by atoms with van der Waals surface area (Å²) in [5.41, 5.74) is 8.14. The Bertz CT molecular complexity index is 1940. The number of aromatic hydroxyl groups is 1. The predicted octanol–water partition coefficient (Wildman–Crippen LogP) is 4.27. The summed E-state index contributed by atoms with van der Waals surface area (Å²) in [6, 6.07) is 13.1. The molecule has 7 rings (SSSR count). The Labute approximate surface area is 284 Å². The Morgan fingerprint density at radius 1 is 0.959 bits per heavy atom. The molecule has 3 aromatic carbocycles. The van der Waals surface area contributed by atoms with E-state index in [1.54, 1.807) is 30.3 Å². The molecule has 3 fully saturated rings. The van der Waals surface area contributed by atoms with Gasteiger partial charge in [-0.25, -0.2) is 9.18 Å². The number of primary amides is 1. The summed E-state index contributed by atoms with van der Waals surface area (Å²) in [4.78, 5) is 69.8. The first-order valence-electron chi connectivity index (χ1n) is 15.4. The van der Waals surface area contributed by atoms with Crippen molar-refractivity contribution in [3.8, 4) is 17.2 Å². The number of carbonyl (C=O) groups excluding carboxylic acids is 5. The number of hydrogen-bond acceptors (Lipinski definition) is 9. The number of nitrogens with zero attached hydrogens (tertiary/aromatic N) is 2. The number of amides is 6. The van der Waals surface area contributed by atoms with E-state index in [-0.39, 0.29) is 35.8 Å². The number of nitrogens with two attached hydrogens (primary N) is 1. The van der Waals surface area contributed by atoms with Gasteiger partial charge in [0.25, 0.3) is 11.8 Å². The van der Waals surface area contributed by atoms with Crippen LogP contribution in [0.4, 0.5) is 14.9 Å². The molecule has 1 saturated carbocycles. The van der Waals surface area contributed by atoms with E-state index in [2.05, 4.69) is 5.43 Å². The quantitative estimate of drug-likeness (QED) is 0.253. The number of ether oxygens (including phenoxy) is 2. The molecule has 252 valence electrons. The fourth-order valence-electron chi connectivity index (χ4n) is 8.40. The molecule has 2 saturated heterocycles. The summed E-state index contributed by atoms with van der Waals surface area (Å²) in [6.45, 7) is 0. The molecule has 0 bridgehead atoms. The number of anilines is 1. The van der Waals surface area contributed by atoms with Crippen LogP contribution in [0.1, 0.15) is 29.9 Å². The van der Waals surface area contributed by atoms with Gasteiger partial charge in [0.15, 0.2) is 0 Å². The lowest BCUT2D eigenvalue weighted by molar-refractivity contribution is -0.139. The molecule has 14 heteroatoms. The number of carbonyl (C=O) groups is 5. The van der Waals surface area contributed by atoms with Gasteiger partial charge >= 0.3 is 6.03 Å². The predicted molar refractivity (Wildman–Crippen MR) is 172 cm³/mol. The smallest absolute Gasteiger partial charge is 0.328 e. The third-order valence-electron chi connectivity index (χ3n) is 10.3. The number of rotatable bonds is 6. The molecule has 49 heavy (non-hydrogen) atoms. The molecule has 4 aliphatic rings. The maximum Gasteiger partial charge on any atom is 0.328 e. The first-order valence-corrected chi connectivity index (χ1v) is 15.8. The fraction of sp³-hybridized carbons (Fsp3) is 0.286. The molecule has 6 amide bonds. The van der Waals surface area contributed by atoms with Gasteiger partial charge in [-0.15, -0.1) is 0 Å². The highest BCUT2D eigenvalue weighted by atomic mass is 35.5. The van der Waals surface area contributed by atoms with E-state index in [1.165, 1.54) is 50.6 Å². The first-order chi connectivity index (χ1) is 23.4. The van der Waals surface area contributed by atoms with Crippen LogP contribution in [-0.4, -0.2) is 58.9 Å². The maximum absolute atomic E-state index is 15.2. The van der Waals surface area contributed by atoms with Crippen LogP contribution >= 0.6 is 11.6 Å². The second-order valence-corrected chi connectivity index (χ2v) is 12.9. The van der Waals surface area contributed by atoms with E-state index in [0.29, 0.717) is 26.6 Å². The minimum absolute atomic E-state index is 0.0467. The number of phenolic OH excluding ortho intramolecular Hbond substituents is 1. The second kappa shape index (κ2) is 11.6. The summed E-state index contributed by atoms with van der Waals surface area (Å²) in [5, 5.41) is 11.9. The Hall–Kier alpha value is -5.43. The van der Waals surface area contributed by atoms with Crippen molar-refractivity contribution in [3.63, 3.8) is 0 Å². The van der Waals surface area contributed by atoms with Gasteiger partial charge in [-0.3, -0.25) is 24.6 Å². The van der Waals surface area contributed by atoms with Crippen molar-refractivity contribution < 1.29 is 42.9 Å². The zero-order valence-electron chi connectivity index (χ0n) is 26.2. The van der Waals surface area contributed by atoms with Crippen LogP contribution in [0.5, 0.6) is 17.2 Å². The minimum atomic E-state index is -1.73. The molecule has 2 aliphatic heterocycles. The highest BCUT2D eigenvalue weighted by Gasteiger charge is 2.71. The van der Waals surface area contributed by atoms with Crippen molar-refractivity contribution in [2.24, 2.45) is 29.4 Å². The zero-order chi connectivity index (χ0) is 34.9. The maximum atomic E-state index is 15.2. The van der Waals surface area contributed by atoms with Gasteiger partial charge in [0, 0.05) is 28.6 Å². The SMILES string of the molecule is COc1cc(O)cc(OC)c1[C@H]1C2=CC[C@@H]3C(=O)N(C(N)=O)C(=O)[C@@H]3[C@@H]2C[C@H]2C(=O)N(Nc3ccc(F)cc3)C(=O)[C@@]12c1ccc(Cl)cc1. The Morgan fingerprint density at radius 2 is 1.59 bits per heavy atom. The van der Waals surface area contributed by atoms with E-state index in [1.807, 2.05) is 0 Å². The summed E-state index contributed by atoms with van der Waals surface area (Å²) < 4.78 is 25.4. The molecule has 3 aromatic rings. The number of halogens is 2. The summed E-state index contributed by atoms with van der Waals surface area (Å²) in [6.07, 6.45) is 1.76. The largest absolute Gasteiger partial charge is 0.508 e. The Morgan fingerprint density at radius 3 is 2.18 bits per heavy atom. The number of phenols is 1. The molecule has 0 unspecified atom stereocenters. The van der Waals surface area contributed by atoms with Crippen molar-refractivity contribution >= 4 is 46.9 Å². The monoisotopic (exact) mass is 688 g/mol. The van der Waals surface area contributed by atoms with Crippen molar-refractivity contribution in [3.05, 3.63) is 94.3 Å². The average Bonchev–Trinajstić information content (AvgIpc) is 3.46. The van der Waals surface area contributed by atoms with Crippen LogP contribution in [0.3, 0.4) is 0 Å². The number of methoxy groups -OCH3 is 2. The van der Waals surface area contributed by atoms with Gasteiger partial charge in [0.05, 0.1) is 43.1 Å². The molecule has 0 radical (unpaired) electrons. The lowest BCUT2D eigenvalue weighted by atomic mass is 9.49. The van der Waals surface area contributed by atoms with Crippen molar-refractivity contribution in [1.29, 1.82) is 0 Å². The Balaban J connectivity index is 1.52. The van der Waals surface area contributed by atoms with E-state index < -0.39 is 70.5 Å². The van der Waals surface area contributed by atoms with Gasteiger partial charge in [-0.1, -0.05) is 35.4 Å². The first kappa shape index (κ1) is 32.1. The highest BCUT2D eigenvalue weighted by Crippen LogP contribution is 2.66. The molecule has 0 aromatic heterocycles. The van der Waals surface area contributed by atoms with Gasteiger partial charge in [-0.05, 0) is 60.7 Å². The van der Waals surface area contributed by atoms with E-state index in [9.17, 15) is 28.7 Å². The van der Waals surface area contributed by atoms with Crippen molar-refractivity contribution in [2.75, 3.05) is 19.6 Å². The standard InChI is InChI=1S/C35H30ClFN4O8/c1-48-25-13-20(42)14-26(49-2)28(25)29-21-11-12-22-27(32(45)40(30(22)43)34(38)47)23(21)15-24-31(44)41(39-19-9-7-18(37)8-10-19)33(46)35(24,29)16-3-5-17(36)6-4-16/h3-11,13-14,22-24,27,29,39,42H,12,15H2,1-2H3,(H2,38,47)/t22-,23+,24-,27-,29+,35+/m0/s1. The topological polar surface area (TPSA) is 169 Å². The molecule has 12 nitrogen and oxygen atoms in total. The number of hydrogen-bond donors (Lipinski definition) is 3. The number of imide groups is 4. The summed E-state index contributed by atoms with van der Waals surface area (Å²) in [7, 11) is 2.76. The third-order valence-corrected chi connectivity index (χ3v) is 10.5. The number of benzene rings is 3. The summed E-state index contributed by atoms with van der Waals surface area (Å²) >= 11 is 6.32. The van der Waals surface area contributed by atoms with Crippen molar-refractivity contribution in [2.45, 2.75) is 24.2 Å². The lowest BCUT2D eigenvalue weighted by Crippen LogP contribution is -2.53. The van der Waals surface area contributed by atoms with Gasteiger partial charge in [0.1, 0.15) is 23.1 Å². The minimum Gasteiger partial charge on any atom is -0.508 e. The number of fused-ring (bicyclic) bond motifs is 4. The molecular weight excluding hydrogens is 659 g/mol. The Kier molecular flexibility index (Phi) is 7.62. The van der Waals surface area contributed by atoms with Gasteiger partial charge < -0.3 is 20.3 Å². The van der Waals surface area contributed by atoms with Crippen LogP contribution < -0.4 is 20.6 Å². The molecule has 6 atom stereocenters. The van der Waals surface area contributed by atoms with E-state index >= 15 is 4.79 Å². The van der Waals surface area contributed by atoms with Crippen molar-refractivity contribution in [1.82, 2.24) is 9.91 Å². The third kappa shape index (κ3) is 4.59. The van der Waals surface area contributed by atoms with Crippen LogP contribution in [0.15, 0.2) is 72.3 Å². The molecule has 2 aliphatic carbocycles. The average molecular weight is 689 g/mol. The van der Waals surface area contributed by atoms with Crippen LogP contribution in [-0.2, 0) is 24.6 Å². The van der Waals surface area contributed by atoms with Gasteiger partial charge in [-0.2, -0.15) is 9.91 Å². The highest BCUT2D eigenvalue weighted by molar-refractivity contribution is 6.30. The summed E-state index contributed by atoms with van der Waals surface area (Å²) in [5.74, 6) is -8.26. The normalized spacial score (nSPS) is 27.3. The fourth-order valence-corrected chi connectivity index (χ4v) is 8.52. The number of urea groups is 1. The van der Waals surface area contributed by atoms with Crippen LogP contribution in [0.2, 0.25) is 5.02 Å². The van der Waals surface area contributed by atoms with E-state index in [4.69, 9.17) is 26.8 Å². The molecular formula is C35H30ClFN4O8. The second-order valence-electron chi connectivity index (χ2n) is 12.5. The molecule has 4 N–H and O–H groups in total. The molecule has 0 spiro atoms.